The maximum atomic E-state index is 12.5. The predicted molar refractivity (Wildman–Crippen MR) is 143 cm³/mol. The van der Waals surface area contributed by atoms with Crippen LogP contribution in [0.2, 0.25) is 0 Å². The van der Waals surface area contributed by atoms with E-state index < -0.39 is 0 Å². The van der Waals surface area contributed by atoms with Gasteiger partial charge >= 0.3 is 0 Å². The van der Waals surface area contributed by atoms with Crippen LogP contribution in [0.25, 0.3) is 10.8 Å². The summed E-state index contributed by atoms with van der Waals surface area (Å²) >= 11 is 0. The molecule has 0 saturated heterocycles. The van der Waals surface area contributed by atoms with Gasteiger partial charge < -0.3 is 16.2 Å². The number of carbonyl (C=O) groups is 1. The lowest BCUT2D eigenvalue weighted by Crippen LogP contribution is -2.24. The Kier molecular flexibility index (Phi) is 8.44. The molecule has 4 aromatic carbocycles. The van der Waals surface area contributed by atoms with Gasteiger partial charge in [0.15, 0.2) is 0 Å². The highest BCUT2D eigenvalue weighted by atomic mass is 16.3. The molecule has 0 aliphatic carbocycles. The molecule has 0 radical (unpaired) electrons. The van der Waals surface area contributed by atoms with Crippen LogP contribution in [-0.2, 0) is 13.0 Å². The molecule has 1 amide bonds. The zero-order valence-electron chi connectivity index (χ0n) is 19.8. The second-order valence-electron chi connectivity index (χ2n) is 8.79. The van der Waals surface area contributed by atoms with Crippen molar-refractivity contribution >= 4 is 16.7 Å². The van der Waals surface area contributed by atoms with Gasteiger partial charge in [-0.1, -0.05) is 97.1 Å². The van der Waals surface area contributed by atoms with E-state index in [1.165, 1.54) is 21.9 Å². The number of hydrogen-bond donors (Lipinski definition) is 3. The average Bonchev–Trinajstić information content (AvgIpc) is 2.92. The molecule has 0 aliphatic rings. The van der Waals surface area contributed by atoms with E-state index in [4.69, 9.17) is 5.73 Å². The van der Waals surface area contributed by atoms with Gasteiger partial charge in [0.05, 0.1) is 0 Å². The van der Waals surface area contributed by atoms with Crippen LogP contribution in [0.3, 0.4) is 0 Å². The number of rotatable bonds is 10. The number of nitrogens with two attached hydrogens (primary N) is 1. The lowest BCUT2D eigenvalue weighted by atomic mass is 9.81. The molecule has 35 heavy (non-hydrogen) atoms. The number of aliphatic hydroxyl groups is 1. The molecule has 178 valence electrons. The summed E-state index contributed by atoms with van der Waals surface area (Å²) in [5.41, 5.74) is 9.62. The van der Waals surface area contributed by atoms with E-state index in [1.54, 1.807) is 6.07 Å². The van der Waals surface area contributed by atoms with Crippen molar-refractivity contribution in [1.29, 1.82) is 0 Å². The summed E-state index contributed by atoms with van der Waals surface area (Å²) in [6.07, 6.45) is 4.76. The van der Waals surface area contributed by atoms with Crippen LogP contribution in [0.4, 0.5) is 0 Å². The van der Waals surface area contributed by atoms with E-state index in [1.807, 2.05) is 48.6 Å². The summed E-state index contributed by atoms with van der Waals surface area (Å²) in [5.74, 6) is -0.113. The number of carbonyl (C=O) groups excluding carboxylic acids is 1. The monoisotopic (exact) mass is 464 g/mol. The molecule has 0 saturated carbocycles. The van der Waals surface area contributed by atoms with Crippen molar-refractivity contribution in [3.63, 3.8) is 0 Å². The molecule has 4 N–H and O–H groups in total. The largest absolute Gasteiger partial charge is 0.396 e. The first-order chi connectivity index (χ1) is 17.2. The Labute approximate surface area is 207 Å². The third kappa shape index (κ3) is 6.44. The number of aliphatic hydroxyl groups excluding tert-OH is 1. The molecule has 4 rings (SSSR count). The minimum atomic E-state index is -0.138. The third-order valence-corrected chi connectivity index (χ3v) is 6.41. The Morgan fingerprint density at radius 1 is 0.857 bits per heavy atom. The van der Waals surface area contributed by atoms with Crippen LogP contribution < -0.4 is 11.1 Å². The van der Waals surface area contributed by atoms with Crippen molar-refractivity contribution in [2.45, 2.75) is 18.9 Å². The average molecular weight is 465 g/mol. The Morgan fingerprint density at radius 3 is 2.40 bits per heavy atom. The van der Waals surface area contributed by atoms with Crippen molar-refractivity contribution in [3.05, 3.63) is 131 Å². The predicted octanol–water partition coefficient (Wildman–Crippen LogP) is 5.22. The van der Waals surface area contributed by atoms with Crippen LogP contribution in [0.1, 0.15) is 33.0 Å². The third-order valence-electron chi connectivity index (χ3n) is 6.41. The van der Waals surface area contributed by atoms with Gasteiger partial charge in [-0.3, -0.25) is 4.79 Å². The Morgan fingerprint density at radius 2 is 1.63 bits per heavy atom. The number of fused-ring (bicyclic) bond motifs is 1. The first kappa shape index (κ1) is 24.4. The standard InChI is InChI=1S/C31H32N2O2/c32-21-24-8-6-13-28(19-24)31(35)33-17-7-14-29(22-34)30(26-10-2-1-3-11-26)20-23-15-16-25-9-4-5-12-27(25)18-23/h1-16,18-19,29-30,34H,17,20-22,32H2,(H,33,35)/b14-7+. The summed E-state index contributed by atoms with van der Waals surface area (Å²) in [7, 11) is 0. The smallest absolute Gasteiger partial charge is 0.251 e. The Balaban J connectivity index is 1.48. The van der Waals surface area contributed by atoms with Gasteiger partial charge in [-0.2, -0.15) is 0 Å². The number of nitrogens with one attached hydrogen (secondary N) is 1. The zero-order valence-corrected chi connectivity index (χ0v) is 19.8. The molecular formula is C31H32N2O2. The maximum absolute atomic E-state index is 12.5. The number of benzene rings is 4. The topological polar surface area (TPSA) is 75.4 Å². The molecule has 4 nitrogen and oxygen atoms in total. The molecule has 2 atom stereocenters. The van der Waals surface area contributed by atoms with Crippen molar-refractivity contribution < 1.29 is 9.90 Å². The summed E-state index contributed by atoms with van der Waals surface area (Å²) < 4.78 is 0. The second-order valence-corrected chi connectivity index (χ2v) is 8.79. The van der Waals surface area contributed by atoms with Gasteiger partial charge in [0.25, 0.3) is 5.91 Å². The minimum absolute atomic E-state index is 0.0239. The van der Waals surface area contributed by atoms with E-state index in [0.29, 0.717) is 18.7 Å². The molecule has 2 unspecified atom stereocenters. The maximum Gasteiger partial charge on any atom is 0.251 e. The normalized spacial score (nSPS) is 13.1. The quantitative estimate of drug-likeness (QED) is 0.282. The van der Waals surface area contributed by atoms with Crippen LogP contribution >= 0.6 is 0 Å². The van der Waals surface area contributed by atoms with E-state index in [-0.39, 0.29) is 24.3 Å². The molecule has 4 heteroatoms. The van der Waals surface area contributed by atoms with Crippen LogP contribution in [0, 0.1) is 5.92 Å². The van der Waals surface area contributed by atoms with Gasteiger partial charge in [0.2, 0.25) is 0 Å². The van der Waals surface area contributed by atoms with E-state index in [0.717, 1.165) is 12.0 Å². The summed E-state index contributed by atoms with van der Waals surface area (Å²) in [6.45, 7) is 0.813. The molecule has 0 spiro atoms. The van der Waals surface area contributed by atoms with Gasteiger partial charge in [-0.05, 0) is 51.9 Å². The molecule has 0 heterocycles. The van der Waals surface area contributed by atoms with E-state index >= 15 is 0 Å². The molecule has 0 bridgehead atoms. The Hall–Kier alpha value is -3.73. The van der Waals surface area contributed by atoms with Gasteiger partial charge in [-0.15, -0.1) is 0 Å². The van der Waals surface area contributed by atoms with Gasteiger partial charge in [-0.25, -0.2) is 0 Å². The highest BCUT2D eigenvalue weighted by Gasteiger charge is 2.21. The SMILES string of the molecule is NCc1cccc(C(=O)NC/C=C/C(CO)C(Cc2ccc3ccccc3c2)c2ccccc2)c1. The lowest BCUT2D eigenvalue weighted by Gasteiger charge is -2.24. The van der Waals surface area contributed by atoms with Crippen molar-refractivity contribution in [2.24, 2.45) is 11.7 Å². The van der Waals surface area contributed by atoms with E-state index in [2.05, 4.69) is 59.9 Å². The molecule has 0 aromatic heterocycles. The van der Waals surface area contributed by atoms with Crippen LogP contribution in [0.15, 0.2) is 109 Å². The highest BCUT2D eigenvalue weighted by Crippen LogP contribution is 2.30. The van der Waals surface area contributed by atoms with Crippen LogP contribution in [0.5, 0.6) is 0 Å². The van der Waals surface area contributed by atoms with Gasteiger partial charge in [0, 0.05) is 31.2 Å². The molecule has 0 fully saturated rings. The highest BCUT2D eigenvalue weighted by molar-refractivity contribution is 5.94. The fraction of sp³-hybridized carbons (Fsp3) is 0.194. The molecular weight excluding hydrogens is 432 g/mol. The van der Waals surface area contributed by atoms with Gasteiger partial charge in [0.1, 0.15) is 0 Å². The second kappa shape index (κ2) is 12.1. The fourth-order valence-electron chi connectivity index (χ4n) is 4.49. The van der Waals surface area contributed by atoms with Crippen molar-refractivity contribution in [3.8, 4) is 0 Å². The first-order valence-electron chi connectivity index (χ1n) is 12.1. The van der Waals surface area contributed by atoms with E-state index in [9.17, 15) is 9.90 Å². The lowest BCUT2D eigenvalue weighted by molar-refractivity contribution is 0.0958. The zero-order chi connectivity index (χ0) is 24.5. The Bertz CT molecular complexity index is 1280. The minimum Gasteiger partial charge on any atom is -0.396 e. The number of amides is 1. The van der Waals surface area contributed by atoms with Crippen molar-refractivity contribution in [1.82, 2.24) is 5.32 Å². The fourth-order valence-corrected chi connectivity index (χ4v) is 4.49. The van der Waals surface area contributed by atoms with Crippen LogP contribution in [-0.4, -0.2) is 24.2 Å². The molecule has 4 aromatic rings. The molecule has 0 aliphatic heterocycles. The number of hydrogen-bond acceptors (Lipinski definition) is 3. The summed E-state index contributed by atoms with van der Waals surface area (Å²) in [6, 6.07) is 32.6. The summed E-state index contributed by atoms with van der Waals surface area (Å²) in [5, 5.41) is 15.7. The first-order valence-corrected chi connectivity index (χ1v) is 12.1. The summed E-state index contributed by atoms with van der Waals surface area (Å²) in [4.78, 5) is 12.5. The van der Waals surface area contributed by atoms with Crippen molar-refractivity contribution in [2.75, 3.05) is 13.2 Å².